The first-order valence-corrected chi connectivity index (χ1v) is 7.37. The smallest absolute Gasteiger partial charge is 0.255 e. The van der Waals surface area contributed by atoms with Crippen LogP contribution >= 0.6 is 27.3 Å². The third-order valence-corrected chi connectivity index (χ3v) is 4.56. The summed E-state index contributed by atoms with van der Waals surface area (Å²) in [4.78, 5) is 19.7. The molecule has 3 nitrogen and oxygen atoms in total. The van der Waals surface area contributed by atoms with E-state index in [0.717, 1.165) is 17.6 Å². The number of aromatic nitrogens is 1. The van der Waals surface area contributed by atoms with Gasteiger partial charge >= 0.3 is 0 Å². The number of carbonyl (C=O) groups is 1. The Hall–Kier alpha value is -1.20. The fourth-order valence-corrected chi connectivity index (χ4v) is 3.23. The summed E-state index contributed by atoms with van der Waals surface area (Å²) >= 11 is 5.05. The molecular formula is C13H11BrN2OS. The van der Waals surface area contributed by atoms with Crippen molar-refractivity contribution in [2.75, 3.05) is 6.54 Å². The van der Waals surface area contributed by atoms with Gasteiger partial charge in [-0.1, -0.05) is 0 Å². The van der Waals surface area contributed by atoms with Crippen LogP contribution in [0.5, 0.6) is 0 Å². The van der Waals surface area contributed by atoms with Gasteiger partial charge in [0.25, 0.3) is 5.91 Å². The summed E-state index contributed by atoms with van der Waals surface area (Å²) in [5.74, 6) is 0.0619. The minimum atomic E-state index is 0.0619. The number of carbonyl (C=O) groups excluding carboxylic acids is 1. The quantitative estimate of drug-likeness (QED) is 0.756. The number of rotatable bonds is 1. The second-order valence-corrected chi connectivity index (χ2v) is 6.03. The monoisotopic (exact) mass is 322 g/mol. The van der Waals surface area contributed by atoms with E-state index in [2.05, 4.69) is 32.4 Å². The summed E-state index contributed by atoms with van der Waals surface area (Å²) in [7, 11) is 0. The number of hydrogen-bond acceptors (Lipinski definition) is 3. The normalized spacial score (nSPS) is 14.4. The van der Waals surface area contributed by atoms with Crippen molar-refractivity contribution in [1.29, 1.82) is 0 Å². The number of pyridine rings is 1. The molecule has 0 N–H and O–H groups in total. The van der Waals surface area contributed by atoms with Crippen LogP contribution in [0.4, 0.5) is 0 Å². The van der Waals surface area contributed by atoms with E-state index in [1.54, 1.807) is 23.6 Å². The minimum absolute atomic E-state index is 0.0619. The second-order valence-electron chi connectivity index (χ2n) is 4.22. The van der Waals surface area contributed by atoms with E-state index in [0.29, 0.717) is 12.1 Å². The van der Waals surface area contributed by atoms with E-state index < -0.39 is 0 Å². The van der Waals surface area contributed by atoms with Gasteiger partial charge in [0.2, 0.25) is 0 Å². The predicted octanol–water partition coefficient (Wildman–Crippen LogP) is 3.10. The van der Waals surface area contributed by atoms with Gasteiger partial charge in [0.15, 0.2) is 0 Å². The van der Waals surface area contributed by atoms with Gasteiger partial charge in [-0.3, -0.25) is 4.79 Å². The molecule has 0 bridgehead atoms. The largest absolute Gasteiger partial charge is 0.334 e. The van der Waals surface area contributed by atoms with Gasteiger partial charge in [0.1, 0.15) is 4.60 Å². The Balaban J connectivity index is 1.80. The molecule has 0 saturated heterocycles. The zero-order valence-electron chi connectivity index (χ0n) is 9.60. The zero-order valence-corrected chi connectivity index (χ0v) is 12.0. The lowest BCUT2D eigenvalue weighted by Gasteiger charge is -2.26. The summed E-state index contributed by atoms with van der Waals surface area (Å²) in [6.45, 7) is 1.51. The lowest BCUT2D eigenvalue weighted by molar-refractivity contribution is 0.0735. The van der Waals surface area contributed by atoms with Crippen LogP contribution in [0.2, 0.25) is 0 Å². The summed E-state index contributed by atoms with van der Waals surface area (Å²) in [6, 6.07) is 5.72. The number of nitrogens with zero attached hydrogens (tertiary/aromatic N) is 2. The number of thiophene rings is 1. The van der Waals surface area contributed by atoms with Crippen molar-refractivity contribution in [1.82, 2.24) is 9.88 Å². The van der Waals surface area contributed by atoms with Crippen LogP contribution < -0.4 is 0 Å². The maximum Gasteiger partial charge on any atom is 0.255 e. The Morgan fingerprint density at radius 3 is 3.06 bits per heavy atom. The van der Waals surface area contributed by atoms with E-state index in [9.17, 15) is 4.79 Å². The molecule has 92 valence electrons. The molecular weight excluding hydrogens is 312 g/mol. The minimum Gasteiger partial charge on any atom is -0.334 e. The van der Waals surface area contributed by atoms with Crippen LogP contribution in [0.15, 0.2) is 34.4 Å². The standard InChI is InChI=1S/C13H11BrN2OS/c14-12-2-1-9(7-15-12)13(17)16-5-3-11-10(8-16)4-6-18-11/h1-2,4,6-7H,3,5,8H2. The van der Waals surface area contributed by atoms with Crippen LogP contribution in [-0.2, 0) is 13.0 Å². The summed E-state index contributed by atoms with van der Waals surface area (Å²) < 4.78 is 0.748. The number of fused-ring (bicyclic) bond motifs is 1. The molecule has 1 aliphatic heterocycles. The molecule has 3 heterocycles. The van der Waals surface area contributed by atoms with Crippen LogP contribution in [-0.4, -0.2) is 22.3 Å². The molecule has 1 amide bonds. The Morgan fingerprint density at radius 2 is 2.28 bits per heavy atom. The van der Waals surface area contributed by atoms with Crippen molar-refractivity contribution in [3.63, 3.8) is 0 Å². The summed E-state index contributed by atoms with van der Waals surface area (Å²) in [5, 5.41) is 2.10. The Morgan fingerprint density at radius 1 is 1.39 bits per heavy atom. The first-order chi connectivity index (χ1) is 8.74. The predicted molar refractivity (Wildman–Crippen MR) is 74.7 cm³/mol. The maximum atomic E-state index is 12.3. The average Bonchev–Trinajstić information content (AvgIpc) is 2.86. The molecule has 5 heteroatoms. The van der Waals surface area contributed by atoms with Crippen LogP contribution in [0.1, 0.15) is 20.8 Å². The molecule has 0 aromatic carbocycles. The first-order valence-electron chi connectivity index (χ1n) is 5.70. The van der Waals surface area contributed by atoms with Crippen molar-refractivity contribution >= 4 is 33.2 Å². The van der Waals surface area contributed by atoms with Crippen molar-refractivity contribution in [2.24, 2.45) is 0 Å². The van der Waals surface area contributed by atoms with Crippen molar-refractivity contribution < 1.29 is 4.79 Å². The van der Waals surface area contributed by atoms with Gasteiger partial charge in [-0.2, -0.15) is 0 Å². The van der Waals surface area contributed by atoms with Gasteiger partial charge in [-0.15, -0.1) is 11.3 Å². The van der Waals surface area contributed by atoms with Gasteiger partial charge in [-0.25, -0.2) is 4.98 Å². The summed E-state index contributed by atoms with van der Waals surface area (Å²) in [5.41, 5.74) is 1.93. The first kappa shape index (κ1) is 11.9. The number of amides is 1. The molecule has 18 heavy (non-hydrogen) atoms. The molecule has 1 aliphatic rings. The van der Waals surface area contributed by atoms with E-state index in [4.69, 9.17) is 0 Å². The lowest BCUT2D eigenvalue weighted by atomic mass is 10.1. The average molecular weight is 323 g/mol. The second kappa shape index (κ2) is 4.82. The molecule has 2 aromatic rings. The molecule has 0 radical (unpaired) electrons. The van der Waals surface area contributed by atoms with Gasteiger partial charge in [0, 0.05) is 24.2 Å². The fraction of sp³-hybridized carbons (Fsp3) is 0.231. The van der Waals surface area contributed by atoms with E-state index >= 15 is 0 Å². The lowest BCUT2D eigenvalue weighted by Crippen LogP contribution is -2.35. The highest BCUT2D eigenvalue weighted by molar-refractivity contribution is 9.10. The molecule has 0 unspecified atom stereocenters. The zero-order chi connectivity index (χ0) is 12.5. The van der Waals surface area contributed by atoms with Crippen LogP contribution in [0, 0.1) is 0 Å². The highest BCUT2D eigenvalue weighted by Crippen LogP contribution is 2.25. The Bertz CT molecular complexity index is 579. The molecule has 0 saturated carbocycles. The molecule has 0 spiro atoms. The third kappa shape index (κ3) is 2.20. The number of halogens is 1. The van der Waals surface area contributed by atoms with Gasteiger partial charge in [0.05, 0.1) is 5.56 Å². The summed E-state index contributed by atoms with van der Waals surface area (Å²) in [6.07, 6.45) is 2.58. The van der Waals surface area contributed by atoms with Crippen molar-refractivity contribution in [3.8, 4) is 0 Å². The van der Waals surface area contributed by atoms with E-state index in [-0.39, 0.29) is 5.91 Å². The van der Waals surface area contributed by atoms with Crippen LogP contribution in [0.3, 0.4) is 0 Å². The highest BCUT2D eigenvalue weighted by Gasteiger charge is 2.22. The SMILES string of the molecule is O=C(c1ccc(Br)nc1)N1CCc2sccc2C1. The topological polar surface area (TPSA) is 33.2 Å². The Kier molecular flexibility index (Phi) is 3.18. The molecule has 0 atom stereocenters. The van der Waals surface area contributed by atoms with E-state index in [1.165, 1.54) is 10.4 Å². The highest BCUT2D eigenvalue weighted by atomic mass is 79.9. The van der Waals surface area contributed by atoms with Crippen molar-refractivity contribution in [3.05, 3.63) is 50.4 Å². The molecule has 2 aromatic heterocycles. The van der Waals surface area contributed by atoms with Gasteiger partial charge < -0.3 is 4.90 Å². The molecule has 0 fully saturated rings. The third-order valence-electron chi connectivity index (χ3n) is 3.07. The van der Waals surface area contributed by atoms with Gasteiger partial charge in [-0.05, 0) is 51.5 Å². The molecule has 0 aliphatic carbocycles. The maximum absolute atomic E-state index is 12.3. The fourth-order valence-electron chi connectivity index (χ4n) is 2.11. The van der Waals surface area contributed by atoms with Crippen LogP contribution in [0.25, 0.3) is 0 Å². The van der Waals surface area contributed by atoms with Crippen molar-refractivity contribution in [2.45, 2.75) is 13.0 Å². The number of hydrogen-bond donors (Lipinski definition) is 0. The Labute approximate surface area is 118 Å². The van der Waals surface area contributed by atoms with E-state index in [1.807, 2.05) is 11.0 Å². The molecule has 3 rings (SSSR count).